The van der Waals surface area contributed by atoms with Gasteiger partial charge in [-0.3, -0.25) is 0 Å². The maximum atomic E-state index is 2.59. The summed E-state index contributed by atoms with van der Waals surface area (Å²) in [5, 5.41) is 0. The Hall–Kier alpha value is -0.497. The van der Waals surface area contributed by atoms with Crippen molar-refractivity contribution < 1.29 is 0 Å². The van der Waals surface area contributed by atoms with Gasteiger partial charge in [0.25, 0.3) is 0 Å². The van der Waals surface area contributed by atoms with Crippen LogP contribution >= 0.6 is 0 Å². The van der Waals surface area contributed by atoms with Crippen molar-refractivity contribution in [2.75, 3.05) is 0 Å². The standard InChI is InChI=1S/C15H20Ge/c1-15(2)11-7-5-9-13(11)16(3,4)14-10-6-8-12(14)15/h5-10,13-14H,1-4H3. The van der Waals surface area contributed by atoms with E-state index in [-0.39, 0.29) is 5.41 Å². The summed E-state index contributed by atoms with van der Waals surface area (Å²) in [7, 11) is 0. The van der Waals surface area contributed by atoms with Gasteiger partial charge in [0.15, 0.2) is 0 Å². The Bertz CT molecular complexity index is 418. The van der Waals surface area contributed by atoms with E-state index in [4.69, 9.17) is 0 Å². The van der Waals surface area contributed by atoms with Crippen LogP contribution in [0.1, 0.15) is 13.8 Å². The van der Waals surface area contributed by atoms with Crippen molar-refractivity contribution in [2.45, 2.75) is 34.9 Å². The molecule has 0 spiro atoms. The Labute approximate surface area is 101 Å². The quantitative estimate of drug-likeness (QED) is 0.571. The molecule has 1 heteroatoms. The average Bonchev–Trinajstić information content (AvgIpc) is 2.86. The maximum absolute atomic E-state index is 2.59. The van der Waals surface area contributed by atoms with E-state index in [1.165, 1.54) is 0 Å². The summed E-state index contributed by atoms with van der Waals surface area (Å²) in [6.07, 6.45) is 14.3. The monoisotopic (exact) mass is 274 g/mol. The Morgan fingerprint density at radius 3 is 1.81 bits per heavy atom. The Morgan fingerprint density at radius 2 is 1.38 bits per heavy atom. The average molecular weight is 273 g/mol. The second-order valence-corrected chi connectivity index (χ2v) is 16.7. The van der Waals surface area contributed by atoms with Crippen LogP contribution in [-0.4, -0.2) is 13.3 Å². The molecular formula is C15H20Ge. The van der Waals surface area contributed by atoms with Crippen molar-refractivity contribution in [3.8, 4) is 0 Å². The van der Waals surface area contributed by atoms with E-state index in [0.29, 0.717) is 0 Å². The molecule has 1 aliphatic heterocycles. The molecule has 0 saturated carbocycles. The van der Waals surface area contributed by atoms with Gasteiger partial charge in [0.1, 0.15) is 0 Å². The summed E-state index contributed by atoms with van der Waals surface area (Å²) in [5.74, 6) is 5.19. The second kappa shape index (κ2) is 3.04. The Balaban J connectivity index is 2.19. The summed E-state index contributed by atoms with van der Waals surface area (Å²) >= 11 is -1.80. The van der Waals surface area contributed by atoms with Gasteiger partial charge in [0, 0.05) is 0 Å². The van der Waals surface area contributed by atoms with Crippen molar-refractivity contribution in [1.29, 1.82) is 0 Å². The van der Waals surface area contributed by atoms with Crippen LogP contribution in [0.15, 0.2) is 47.6 Å². The molecule has 2 unspecified atom stereocenters. The normalized spacial score (nSPS) is 36.8. The topological polar surface area (TPSA) is 0 Å². The minimum atomic E-state index is -1.80. The first-order chi connectivity index (χ1) is 7.45. The third kappa shape index (κ3) is 1.12. The van der Waals surface area contributed by atoms with Gasteiger partial charge in [-0.2, -0.15) is 0 Å². The van der Waals surface area contributed by atoms with Crippen molar-refractivity contribution in [2.24, 2.45) is 5.41 Å². The first kappa shape index (κ1) is 10.6. The van der Waals surface area contributed by atoms with Crippen LogP contribution < -0.4 is 0 Å². The fourth-order valence-corrected chi connectivity index (χ4v) is 12.4. The number of hydrogen-bond donors (Lipinski definition) is 0. The van der Waals surface area contributed by atoms with Gasteiger partial charge in [-0.25, -0.2) is 0 Å². The predicted molar refractivity (Wildman–Crippen MR) is 73.2 cm³/mol. The van der Waals surface area contributed by atoms with Crippen molar-refractivity contribution in [3.63, 3.8) is 0 Å². The van der Waals surface area contributed by atoms with Crippen molar-refractivity contribution >= 4 is 13.3 Å². The third-order valence-electron chi connectivity index (χ3n) is 4.88. The molecule has 0 radical (unpaired) electrons. The van der Waals surface area contributed by atoms with E-state index in [9.17, 15) is 0 Å². The number of fused-ring (bicyclic) bond motifs is 2. The van der Waals surface area contributed by atoms with Gasteiger partial charge in [-0.15, -0.1) is 0 Å². The molecule has 16 heavy (non-hydrogen) atoms. The zero-order valence-electron chi connectivity index (χ0n) is 10.6. The number of allylic oxidation sites excluding steroid dienone is 8. The van der Waals surface area contributed by atoms with Crippen LogP contribution in [0.3, 0.4) is 0 Å². The van der Waals surface area contributed by atoms with E-state index >= 15 is 0 Å². The summed E-state index contributed by atoms with van der Waals surface area (Å²) in [5.41, 5.74) is 3.65. The SMILES string of the molecule is CC1(C)C2=CC=C[CH]2[Ge]([CH3])([CH3])[CH]2C=CC=C21. The van der Waals surface area contributed by atoms with Crippen LogP contribution in [0.4, 0.5) is 0 Å². The molecule has 1 heterocycles. The molecule has 84 valence electrons. The second-order valence-electron chi connectivity index (χ2n) is 6.42. The van der Waals surface area contributed by atoms with E-state index in [1.54, 1.807) is 11.1 Å². The van der Waals surface area contributed by atoms with E-state index < -0.39 is 13.3 Å². The first-order valence-electron chi connectivity index (χ1n) is 6.23. The van der Waals surface area contributed by atoms with Gasteiger partial charge < -0.3 is 0 Å². The van der Waals surface area contributed by atoms with Crippen molar-refractivity contribution in [3.05, 3.63) is 47.6 Å². The molecule has 0 nitrogen and oxygen atoms in total. The molecule has 2 atom stereocenters. The Kier molecular flexibility index (Phi) is 2.02. The molecule has 3 rings (SSSR count). The fraction of sp³-hybridized carbons (Fsp3) is 0.467. The predicted octanol–water partition coefficient (Wildman–Crippen LogP) is 4.47. The van der Waals surface area contributed by atoms with Gasteiger partial charge >= 0.3 is 101 Å². The van der Waals surface area contributed by atoms with Crippen molar-refractivity contribution in [1.82, 2.24) is 0 Å². The third-order valence-corrected chi connectivity index (χ3v) is 13.7. The van der Waals surface area contributed by atoms with Crippen LogP contribution in [0.5, 0.6) is 0 Å². The van der Waals surface area contributed by atoms with E-state index in [2.05, 4.69) is 61.8 Å². The molecular weight excluding hydrogens is 253 g/mol. The molecule has 0 N–H and O–H groups in total. The summed E-state index contributed by atoms with van der Waals surface area (Å²) in [6.45, 7) is 4.81. The molecule has 0 aromatic heterocycles. The molecule has 0 bridgehead atoms. The molecule has 2 aliphatic carbocycles. The minimum absolute atomic E-state index is 0.281. The number of hydrogen-bond acceptors (Lipinski definition) is 0. The molecule has 0 aromatic carbocycles. The molecule has 3 aliphatic rings. The van der Waals surface area contributed by atoms with Gasteiger partial charge in [-0.1, -0.05) is 0 Å². The van der Waals surface area contributed by atoms with Crippen LogP contribution in [-0.2, 0) is 0 Å². The van der Waals surface area contributed by atoms with Gasteiger partial charge in [0.2, 0.25) is 0 Å². The first-order valence-corrected chi connectivity index (χ1v) is 12.9. The zero-order chi connectivity index (χ0) is 11.6. The molecule has 1 fully saturated rings. The number of rotatable bonds is 0. The molecule has 0 aromatic rings. The van der Waals surface area contributed by atoms with Gasteiger partial charge in [-0.05, 0) is 0 Å². The van der Waals surface area contributed by atoms with E-state index in [0.717, 1.165) is 9.50 Å². The summed E-state index contributed by atoms with van der Waals surface area (Å²) in [6, 6.07) is 0. The van der Waals surface area contributed by atoms with Crippen LogP contribution in [0.2, 0.25) is 21.0 Å². The molecule has 1 saturated heterocycles. The summed E-state index contributed by atoms with van der Waals surface area (Å²) < 4.78 is 1.61. The van der Waals surface area contributed by atoms with Gasteiger partial charge in [0.05, 0.1) is 0 Å². The summed E-state index contributed by atoms with van der Waals surface area (Å²) in [4.78, 5) is 0. The van der Waals surface area contributed by atoms with E-state index in [1.807, 2.05) is 0 Å². The Morgan fingerprint density at radius 1 is 0.938 bits per heavy atom. The molecule has 0 amide bonds. The van der Waals surface area contributed by atoms with Crippen LogP contribution in [0, 0.1) is 5.41 Å². The fourth-order valence-electron chi connectivity index (χ4n) is 3.81. The zero-order valence-corrected chi connectivity index (χ0v) is 12.7. The van der Waals surface area contributed by atoms with Crippen LogP contribution in [0.25, 0.3) is 0 Å².